The Labute approximate surface area is 151 Å². The van der Waals surface area contributed by atoms with Crippen molar-refractivity contribution in [3.8, 4) is 0 Å². The summed E-state index contributed by atoms with van der Waals surface area (Å²) < 4.78 is 0. The first-order chi connectivity index (χ1) is 11.8. The van der Waals surface area contributed by atoms with Gasteiger partial charge in [0.15, 0.2) is 0 Å². The first kappa shape index (κ1) is 21.2. The molecule has 5 heteroatoms. The zero-order valence-corrected chi connectivity index (χ0v) is 15.6. The molecule has 0 spiro atoms. The molecule has 0 bridgehead atoms. The Bertz CT molecular complexity index is 531. The minimum absolute atomic E-state index is 0.265. The summed E-state index contributed by atoms with van der Waals surface area (Å²) in [5.74, 6) is 0.322. The summed E-state index contributed by atoms with van der Waals surface area (Å²) in [5.41, 5.74) is 6.30. The number of aliphatic carboxylic acids is 1. The molecule has 1 aliphatic rings. The highest BCUT2D eigenvalue weighted by atomic mass is 16.4. The summed E-state index contributed by atoms with van der Waals surface area (Å²) >= 11 is 0. The number of benzene rings is 1. The van der Waals surface area contributed by atoms with Gasteiger partial charge < -0.3 is 16.2 Å². The number of amides is 1. The maximum Gasteiger partial charge on any atom is 0.320 e. The minimum atomic E-state index is -0.959. The topological polar surface area (TPSA) is 92.4 Å². The molecular weight excluding hydrogens is 316 g/mol. The van der Waals surface area contributed by atoms with Crippen LogP contribution in [0, 0.1) is 11.8 Å². The summed E-state index contributed by atoms with van der Waals surface area (Å²) in [5, 5.41) is 11.5. The molecule has 140 valence electrons. The molecule has 0 radical (unpaired) electrons. The van der Waals surface area contributed by atoms with Crippen molar-refractivity contribution < 1.29 is 14.7 Å². The van der Waals surface area contributed by atoms with E-state index in [1.54, 1.807) is 0 Å². The first-order valence-electron chi connectivity index (χ1n) is 9.12. The number of nitrogens with one attached hydrogen (secondary N) is 1. The van der Waals surface area contributed by atoms with Crippen LogP contribution in [0.4, 0.5) is 0 Å². The number of carboxylic acids is 1. The van der Waals surface area contributed by atoms with Crippen LogP contribution >= 0.6 is 0 Å². The highest BCUT2D eigenvalue weighted by Gasteiger charge is 2.24. The van der Waals surface area contributed by atoms with Gasteiger partial charge in [-0.15, -0.1) is 0 Å². The molecular formula is C20H32N2O3. The molecule has 2 unspecified atom stereocenters. The molecule has 1 aromatic carbocycles. The number of nitrogens with two attached hydrogens (primary N) is 1. The van der Waals surface area contributed by atoms with Gasteiger partial charge in [-0.2, -0.15) is 0 Å². The number of hydrogen-bond donors (Lipinski definition) is 3. The first-order valence-corrected chi connectivity index (χ1v) is 9.12. The zero-order chi connectivity index (χ0) is 18.8. The second kappa shape index (κ2) is 10.9. The normalized spacial score (nSPS) is 21.0. The van der Waals surface area contributed by atoms with Gasteiger partial charge in [0.2, 0.25) is 5.91 Å². The van der Waals surface area contributed by atoms with Gasteiger partial charge >= 0.3 is 5.97 Å². The third kappa shape index (κ3) is 8.68. The van der Waals surface area contributed by atoms with E-state index in [0.717, 1.165) is 24.3 Å². The van der Waals surface area contributed by atoms with Crippen LogP contribution in [0.15, 0.2) is 30.3 Å². The smallest absolute Gasteiger partial charge is 0.320 e. The number of hydrogen-bond acceptors (Lipinski definition) is 3. The third-order valence-electron chi connectivity index (χ3n) is 4.35. The van der Waals surface area contributed by atoms with Gasteiger partial charge in [-0.05, 0) is 44.6 Å². The van der Waals surface area contributed by atoms with Gasteiger partial charge in [0, 0.05) is 12.0 Å². The SMILES string of the molecule is CC1CCCC(C(=O)NC(C)C)C1.N[C@@H](Cc1ccccc1)C(=O)O. The zero-order valence-electron chi connectivity index (χ0n) is 15.6. The van der Waals surface area contributed by atoms with Crippen LogP contribution in [0.5, 0.6) is 0 Å². The van der Waals surface area contributed by atoms with E-state index in [0.29, 0.717) is 6.42 Å². The molecule has 0 saturated heterocycles. The maximum atomic E-state index is 11.6. The van der Waals surface area contributed by atoms with Crippen molar-refractivity contribution in [2.24, 2.45) is 17.6 Å². The molecule has 0 heterocycles. The highest BCUT2D eigenvalue weighted by molar-refractivity contribution is 5.78. The lowest BCUT2D eigenvalue weighted by Crippen LogP contribution is -2.37. The third-order valence-corrected chi connectivity index (χ3v) is 4.35. The van der Waals surface area contributed by atoms with Crippen molar-refractivity contribution in [3.05, 3.63) is 35.9 Å². The Morgan fingerprint density at radius 2 is 1.88 bits per heavy atom. The standard InChI is InChI=1S/C11H21NO.C9H11NO2/c1-8(2)12-11(13)10-6-4-5-9(3)7-10;10-8(9(11)12)6-7-4-2-1-3-5-7/h8-10H,4-7H2,1-3H3,(H,12,13);1-5,8H,6,10H2,(H,11,12)/t;8-/m.0/s1. The fourth-order valence-electron chi connectivity index (χ4n) is 3.03. The Morgan fingerprint density at radius 3 is 2.40 bits per heavy atom. The van der Waals surface area contributed by atoms with Gasteiger partial charge in [0.25, 0.3) is 0 Å². The van der Waals surface area contributed by atoms with Crippen molar-refractivity contribution >= 4 is 11.9 Å². The Balaban J connectivity index is 0.000000251. The van der Waals surface area contributed by atoms with E-state index >= 15 is 0 Å². The molecule has 0 aliphatic heterocycles. The molecule has 1 amide bonds. The summed E-state index contributed by atoms with van der Waals surface area (Å²) in [6.07, 6.45) is 5.07. The van der Waals surface area contributed by atoms with E-state index in [1.807, 2.05) is 44.2 Å². The Kier molecular flexibility index (Phi) is 9.21. The second-order valence-corrected chi connectivity index (χ2v) is 7.27. The summed E-state index contributed by atoms with van der Waals surface area (Å²) in [6.45, 7) is 6.28. The minimum Gasteiger partial charge on any atom is -0.480 e. The van der Waals surface area contributed by atoms with Crippen LogP contribution in [0.3, 0.4) is 0 Å². The molecule has 1 aromatic rings. The molecule has 1 fully saturated rings. The van der Waals surface area contributed by atoms with E-state index in [1.165, 1.54) is 12.8 Å². The van der Waals surface area contributed by atoms with Crippen molar-refractivity contribution in [1.29, 1.82) is 0 Å². The lowest BCUT2D eigenvalue weighted by atomic mass is 9.82. The van der Waals surface area contributed by atoms with Gasteiger partial charge in [0.1, 0.15) is 6.04 Å². The number of carbonyl (C=O) groups excluding carboxylic acids is 1. The van der Waals surface area contributed by atoms with E-state index in [-0.39, 0.29) is 17.9 Å². The van der Waals surface area contributed by atoms with Gasteiger partial charge in [-0.3, -0.25) is 9.59 Å². The molecule has 1 aliphatic carbocycles. The van der Waals surface area contributed by atoms with Crippen molar-refractivity contribution in [2.45, 2.75) is 65.0 Å². The van der Waals surface area contributed by atoms with Crippen molar-refractivity contribution in [1.82, 2.24) is 5.32 Å². The van der Waals surface area contributed by atoms with E-state index < -0.39 is 12.0 Å². The maximum absolute atomic E-state index is 11.6. The Morgan fingerprint density at radius 1 is 1.24 bits per heavy atom. The predicted octanol–water partition coefficient (Wildman–Crippen LogP) is 2.98. The molecule has 25 heavy (non-hydrogen) atoms. The monoisotopic (exact) mass is 348 g/mol. The molecule has 0 aromatic heterocycles. The Hall–Kier alpha value is -1.88. The lowest BCUT2D eigenvalue weighted by molar-refractivity contribution is -0.138. The largest absolute Gasteiger partial charge is 0.480 e. The van der Waals surface area contributed by atoms with Crippen LogP contribution in [0.25, 0.3) is 0 Å². The molecule has 5 nitrogen and oxygen atoms in total. The van der Waals surface area contributed by atoms with Crippen LogP contribution in [-0.2, 0) is 16.0 Å². The van der Waals surface area contributed by atoms with Crippen LogP contribution in [0.2, 0.25) is 0 Å². The highest BCUT2D eigenvalue weighted by Crippen LogP contribution is 2.28. The average molecular weight is 348 g/mol. The van der Waals surface area contributed by atoms with E-state index in [2.05, 4.69) is 12.2 Å². The lowest BCUT2D eigenvalue weighted by Gasteiger charge is -2.26. The predicted molar refractivity (Wildman–Crippen MR) is 100 cm³/mol. The fourth-order valence-corrected chi connectivity index (χ4v) is 3.03. The van der Waals surface area contributed by atoms with Crippen LogP contribution in [-0.4, -0.2) is 29.1 Å². The molecule has 2 rings (SSSR count). The van der Waals surface area contributed by atoms with Crippen LogP contribution in [0.1, 0.15) is 52.0 Å². The number of carbonyl (C=O) groups is 2. The van der Waals surface area contributed by atoms with Crippen LogP contribution < -0.4 is 11.1 Å². The van der Waals surface area contributed by atoms with Crippen molar-refractivity contribution in [3.63, 3.8) is 0 Å². The summed E-state index contributed by atoms with van der Waals surface area (Å²) in [6, 6.07) is 8.83. The quantitative estimate of drug-likeness (QED) is 0.763. The summed E-state index contributed by atoms with van der Waals surface area (Å²) in [7, 11) is 0. The van der Waals surface area contributed by atoms with Gasteiger partial charge in [-0.1, -0.05) is 50.1 Å². The molecule has 1 saturated carbocycles. The van der Waals surface area contributed by atoms with Gasteiger partial charge in [-0.25, -0.2) is 0 Å². The number of rotatable bonds is 5. The van der Waals surface area contributed by atoms with E-state index in [4.69, 9.17) is 10.8 Å². The van der Waals surface area contributed by atoms with Crippen molar-refractivity contribution in [2.75, 3.05) is 0 Å². The van der Waals surface area contributed by atoms with Gasteiger partial charge in [0.05, 0.1) is 0 Å². The molecule has 4 N–H and O–H groups in total. The second-order valence-electron chi connectivity index (χ2n) is 7.27. The van der Waals surface area contributed by atoms with E-state index in [9.17, 15) is 9.59 Å². The number of carboxylic acid groups (broad SMARTS) is 1. The average Bonchev–Trinajstić information content (AvgIpc) is 2.55. The summed E-state index contributed by atoms with van der Waals surface area (Å²) in [4.78, 5) is 22.0. The molecule has 3 atom stereocenters. The fraction of sp³-hybridized carbons (Fsp3) is 0.600.